The van der Waals surface area contributed by atoms with Crippen LogP contribution in [-0.2, 0) is 4.79 Å². The first-order valence-electron chi connectivity index (χ1n) is 6.86. The average molecular weight is 268 g/mol. The third-order valence-corrected chi connectivity index (χ3v) is 3.09. The van der Waals surface area contributed by atoms with Crippen LogP contribution < -0.4 is 5.32 Å². The SMILES string of the molecule is Cc1ccc(C(C(=O)NC(C)C)c2ccccn2)cc1. The molecule has 0 saturated carbocycles. The van der Waals surface area contributed by atoms with Crippen molar-refractivity contribution in [2.75, 3.05) is 0 Å². The second kappa shape index (κ2) is 6.33. The van der Waals surface area contributed by atoms with Crippen LogP contribution in [0.25, 0.3) is 0 Å². The van der Waals surface area contributed by atoms with Crippen molar-refractivity contribution in [3.8, 4) is 0 Å². The fourth-order valence-electron chi connectivity index (χ4n) is 2.13. The Hall–Kier alpha value is -2.16. The van der Waals surface area contributed by atoms with Crippen molar-refractivity contribution in [2.45, 2.75) is 32.7 Å². The molecule has 1 heterocycles. The van der Waals surface area contributed by atoms with Gasteiger partial charge in [0, 0.05) is 12.2 Å². The van der Waals surface area contributed by atoms with Crippen molar-refractivity contribution in [3.05, 3.63) is 65.5 Å². The van der Waals surface area contributed by atoms with Crippen LogP contribution in [0.4, 0.5) is 0 Å². The summed E-state index contributed by atoms with van der Waals surface area (Å²) in [6.07, 6.45) is 1.72. The lowest BCUT2D eigenvalue weighted by molar-refractivity contribution is -0.122. The van der Waals surface area contributed by atoms with Gasteiger partial charge in [-0.2, -0.15) is 0 Å². The number of nitrogens with one attached hydrogen (secondary N) is 1. The van der Waals surface area contributed by atoms with Crippen LogP contribution in [0.5, 0.6) is 0 Å². The van der Waals surface area contributed by atoms with E-state index in [1.54, 1.807) is 6.20 Å². The second-order valence-corrected chi connectivity index (χ2v) is 5.26. The van der Waals surface area contributed by atoms with Gasteiger partial charge in [-0.25, -0.2) is 0 Å². The van der Waals surface area contributed by atoms with E-state index in [0.29, 0.717) is 0 Å². The van der Waals surface area contributed by atoms with Gasteiger partial charge in [0.1, 0.15) is 5.92 Å². The lowest BCUT2D eigenvalue weighted by atomic mass is 9.93. The normalized spacial score (nSPS) is 12.2. The van der Waals surface area contributed by atoms with Gasteiger partial charge in [0.2, 0.25) is 5.91 Å². The molecule has 0 radical (unpaired) electrons. The zero-order valence-electron chi connectivity index (χ0n) is 12.1. The minimum absolute atomic E-state index is 0.0115. The Bertz CT molecular complexity index is 561. The number of benzene rings is 1. The van der Waals surface area contributed by atoms with Crippen LogP contribution in [-0.4, -0.2) is 16.9 Å². The lowest BCUT2D eigenvalue weighted by Gasteiger charge is -2.18. The molecule has 2 aromatic rings. The Balaban J connectivity index is 2.39. The highest BCUT2D eigenvalue weighted by Gasteiger charge is 2.24. The number of aromatic nitrogens is 1. The van der Waals surface area contributed by atoms with Crippen LogP contribution in [0.3, 0.4) is 0 Å². The molecular formula is C17H20N2O. The van der Waals surface area contributed by atoms with E-state index in [4.69, 9.17) is 0 Å². The predicted molar refractivity (Wildman–Crippen MR) is 80.5 cm³/mol. The lowest BCUT2D eigenvalue weighted by Crippen LogP contribution is -2.35. The largest absolute Gasteiger partial charge is 0.353 e. The van der Waals surface area contributed by atoms with E-state index in [1.165, 1.54) is 5.56 Å². The van der Waals surface area contributed by atoms with Gasteiger partial charge >= 0.3 is 0 Å². The quantitative estimate of drug-likeness (QED) is 0.926. The van der Waals surface area contributed by atoms with Crippen molar-refractivity contribution in [3.63, 3.8) is 0 Å². The van der Waals surface area contributed by atoms with Gasteiger partial charge in [0.05, 0.1) is 5.69 Å². The van der Waals surface area contributed by atoms with Crippen molar-refractivity contribution < 1.29 is 4.79 Å². The zero-order chi connectivity index (χ0) is 14.5. The molecule has 104 valence electrons. The number of pyridine rings is 1. The van der Waals surface area contributed by atoms with E-state index < -0.39 is 0 Å². The molecule has 0 aliphatic rings. The summed E-state index contributed by atoms with van der Waals surface area (Å²) < 4.78 is 0. The van der Waals surface area contributed by atoms with Crippen molar-refractivity contribution >= 4 is 5.91 Å². The molecule has 2 rings (SSSR count). The number of rotatable bonds is 4. The van der Waals surface area contributed by atoms with Gasteiger partial charge in [-0.15, -0.1) is 0 Å². The number of nitrogens with zero attached hydrogens (tertiary/aromatic N) is 1. The molecule has 0 saturated heterocycles. The summed E-state index contributed by atoms with van der Waals surface area (Å²) >= 11 is 0. The summed E-state index contributed by atoms with van der Waals surface area (Å²) in [7, 11) is 0. The Kier molecular flexibility index (Phi) is 4.51. The molecule has 1 aromatic carbocycles. The maximum atomic E-state index is 12.5. The molecule has 0 bridgehead atoms. The Morgan fingerprint density at radius 1 is 1.10 bits per heavy atom. The van der Waals surface area contributed by atoms with Gasteiger partial charge in [0.15, 0.2) is 0 Å². The van der Waals surface area contributed by atoms with Crippen molar-refractivity contribution in [1.82, 2.24) is 10.3 Å². The minimum Gasteiger partial charge on any atom is -0.353 e. The van der Waals surface area contributed by atoms with E-state index in [1.807, 2.05) is 63.2 Å². The molecule has 3 heteroatoms. The Labute approximate surface area is 120 Å². The molecule has 0 aliphatic carbocycles. The topological polar surface area (TPSA) is 42.0 Å². The van der Waals surface area contributed by atoms with Crippen LogP contribution in [0.2, 0.25) is 0 Å². The highest BCUT2D eigenvalue weighted by Crippen LogP contribution is 2.23. The molecule has 1 atom stereocenters. The molecular weight excluding hydrogens is 248 g/mol. The standard InChI is InChI=1S/C17H20N2O/c1-12(2)19-17(20)16(15-6-4-5-11-18-15)14-9-7-13(3)8-10-14/h4-12,16H,1-3H3,(H,19,20). The first-order valence-corrected chi connectivity index (χ1v) is 6.86. The molecule has 1 unspecified atom stereocenters. The van der Waals surface area contributed by atoms with E-state index >= 15 is 0 Å². The Morgan fingerprint density at radius 3 is 2.35 bits per heavy atom. The third kappa shape index (κ3) is 3.44. The number of carbonyl (C=O) groups is 1. The molecule has 0 aliphatic heterocycles. The number of hydrogen-bond acceptors (Lipinski definition) is 2. The molecule has 1 aromatic heterocycles. The van der Waals surface area contributed by atoms with E-state index in [-0.39, 0.29) is 17.9 Å². The van der Waals surface area contributed by atoms with Gasteiger partial charge in [-0.05, 0) is 38.5 Å². The number of amides is 1. The summed E-state index contributed by atoms with van der Waals surface area (Å²) in [5, 5.41) is 2.98. The molecule has 0 fully saturated rings. The molecule has 1 amide bonds. The molecule has 20 heavy (non-hydrogen) atoms. The fourth-order valence-corrected chi connectivity index (χ4v) is 2.13. The van der Waals surface area contributed by atoms with Crippen LogP contribution in [0.1, 0.15) is 36.6 Å². The maximum absolute atomic E-state index is 12.5. The first-order chi connectivity index (χ1) is 9.58. The first kappa shape index (κ1) is 14.3. The van der Waals surface area contributed by atoms with Crippen molar-refractivity contribution in [1.29, 1.82) is 0 Å². The second-order valence-electron chi connectivity index (χ2n) is 5.26. The monoisotopic (exact) mass is 268 g/mol. The zero-order valence-corrected chi connectivity index (χ0v) is 12.1. The summed E-state index contributed by atoms with van der Waals surface area (Å²) in [6.45, 7) is 5.96. The van der Waals surface area contributed by atoms with E-state index in [2.05, 4.69) is 10.3 Å². The van der Waals surface area contributed by atoms with E-state index in [0.717, 1.165) is 11.3 Å². The summed E-state index contributed by atoms with van der Waals surface area (Å²) in [5.41, 5.74) is 2.92. The molecule has 1 N–H and O–H groups in total. The van der Waals surface area contributed by atoms with Crippen LogP contribution in [0, 0.1) is 6.92 Å². The van der Waals surface area contributed by atoms with Gasteiger partial charge in [0.25, 0.3) is 0 Å². The van der Waals surface area contributed by atoms with Gasteiger partial charge in [-0.1, -0.05) is 35.9 Å². The number of carbonyl (C=O) groups excluding carboxylic acids is 1. The predicted octanol–water partition coefficient (Wildman–Crippen LogP) is 3.05. The van der Waals surface area contributed by atoms with Gasteiger partial charge in [-0.3, -0.25) is 9.78 Å². The van der Waals surface area contributed by atoms with Crippen LogP contribution in [0.15, 0.2) is 48.7 Å². The molecule has 0 spiro atoms. The van der Waals surface area contributed by atoms with Crippen LogP contribution >= 0.6 is 0 Å². The summed E-state index contributed by atoms with van der Waals surface area (Å²) in [4.78, 5) is 16.8. The van der Waals surface area contributed by atoms with Crippen molar-refractivity contribution in [2.24, 2.45) is 0 Å². The number of hydrogen-bond donors (Lipinski definition) is 1. The minimum atomic E-state index is -0.362. The number of aryl methyl sites for hydroxylation is 1. The highest BCUT2D eigenvalue weighted by molar-refractivity contribution is 5.86. The fraction of sp³-hybridized carbons (Fsp3) is 0.294. The maximum Gasteiger partial charge on any atom is 0.233 e. The van der Waals surface area contributed by atoms with Gasteiger partial charge < -0.3 is 5.32 Å². The molecule has 3 nitrogen and oxygen atoms in total. The highest BCUT2D eigenvalue weighted by atomic mass is 16.1. The smallest absolute Gasteiger partial charge is 0.233 e. The Morgan fingerprint density at radius 2 is 1.80 bits per heavy atom. The summed E-state index contributed by atoms with van der Waals surface area (Å²) in [5.74, 6) is -0.373. The third-order valence-electron chi connectivity index (χ3n) is 3.09. The summed E-state index contributed by atoms with van der Waals surface area (Å²) in [6, 6.07) is 13.8. The average Bonchev–Trinajstić information content (AvgIpc) is 2.42. The van der Waals surface area contributed by atoms with E-state index in [9.17, 15) is 4.79 Å².